The third-order valence-electron chi connectivity index (χ3n) is 7.52. The van der Waals surface area contributed by atoms with Gasteiger partial charge in [-0.2, -0.15) is 0 Å². The molecule has 0 bridgehead atoms. The zero-order valence-corrected chi connectivity index (χ0v) is 26.7. The highest BCUT2D eigenvalue weighted by Crippen LogP contribution is 2.47. The Kier molecular flexibility index (Phi) is 9.14. The predicted molar refractivity (Wildman–Crippen MR) is 178 cm³/mol. The first-order valence-corrected chi connectivity index (χ1v) is 14.5. The number of carbonyl (C=O) groups is 1. The molecule has 0 saturated carbocycles. The van der Waals surface area contributed by atoms with E-state index in [-0.39, 0.29) is 22.6 Å². The summed E-state index contributed by atoms with van der Waals surface area (Å²) in [6.45, 7) is 3.90. The van der Waals surface area contributed by atoms with Crippen molar-refractivity contribution in [2.24, 2.45) is 0 Å². The Labute approximate surface area is 271 Å². The molecular formula is C37H34O10. The van der Waals surface area contributed by atoms with Gasteiger partial charge >= 0.3 is 5.63 Å². The molecule has 0 amide bonds. The van der Waals surface area contributed by atoms with Gasteiger partial charge in [0.1, 0.15) is 62.4 Å². The van der Waals surface area contributed by atoms with Crippen LogP contribution in [0.4, 0.5) is 0 Å². The summed E-state index contributed by atoms with van der Waals surface area (Å²) in [5, 5.41) is 19.9. The third-order valence-corrected chi connectivity index (χ3v) is 7.52. The molecule has 1 aliphatic heterocycles. The highest BCUT2D eigenvalue weighted by atomic mass is 16.5. The van der Waals surface area contributed by atoms with Gasteiger partial charge in [0.2, 0.25) is 0 Å². The molecule has 10 heteroatoms. The van der Waals surface area contributed by atoms with Crippen molar-refractivity contribution in [1.29, 1.82) is 0 Å². The summed E-state index contributed by atoms with van der Waals surface area (Å²) in [4.78, 5) is 25.0. The summed E-state index contributed by atoms with van der Waals surface area (Å²) in [6.07, 6.45) is 3.91. The third kappa shape index (κ3) is 6.44. The minimum atomic E-state index is -0.507. The minimum absolute atomic E-state index is 0.113. The maximum absolute atomic E-state index is 12.9. The monoisotopic (exact) mass is 638 g/mol. The smallest absolute Gasteiger partial charge is 0.347 e. The number of para-hydroxylation sites is 1. The van der Waals surface area contributed by atoms with Gasteiger partial charge in [0.25, 0.3) is 0 Å². The molecular weight excluding hydrogens is 604 g/mol. The van der Waals surface area contributed by atoms with Gasteiger partial charge < -0.3 is 38.3 Å². The van der Waals surface area contributed by atoms with E-state index in [1.807, 2.05) is 26.0 Å². The number of phenolic OH excluding ortho intramolecular Hbond substituents is 2. The van der Waals surface area contributed by atoms with E-state index in [9.17, 15) is 19.8 Å². The van der Waals surface area contributed by atoms with Crippen LogP contribution in [0.5, 0.6) is 40.2 Å². The molecule has 0 radical (unpaired) electrons. The van der Waals surface area contributed by atoms with Crippen molar-refractivity contribution in [1.82, 2.24) is 0 Å². The first-order chi connectivity index (χ1) is 22.5. The van der Waals surface area contributed by atoms with E-state index in [0.717, 1.165) is 5.56 Å². The first-order valence-electron chi connectivity index (χ1n) is 14.5. The van der Waals surface area contributed by atoms with Crippen LogP contribution in [0.25, 0.3) is 28.2 Å². The number of aromatic hydroxyl groups is 2. The summed E-state index contributed by atoms with van der Waals surface area (Å²) in [5.41, 5.74) is 1.38. The molecule has 1 aromatic heterocycles. The highest BCUT2D eigenvalue weighted by Gasteiger charge is 2.29. The van der Waals surface area contributed by atoms with E-state index in [2.05, 4.69) is 0 Å². The Morgan fingerprint density at radius 3 is 2.00 bits per heavy atom. The fraction of sp³-hybridized carbons (Fsp3) is 0.189. The zero-order chi connectivity index (χ0) is 33.9. The molecule has 2 heterocycles. The van der Waals surface area contributed by atoms with Crippen molar-refractivity contribution in [2.45, 2.75) is 19.4 Å². The van der Waals surface area contributed by atoms with Gasteiger partial charge in [-0.3, -0.25) is 4.79 Å². The molecule has 0 aliphatic carbocycles. The second-order valence-electron chi connectivity index (χ2n) is 11.0. The number of phenols is 2. The van der Waals surface area contributed by atoms with Crippen molar-refractivity contribution in [3.63, 3.8) is 0 Å². The van der Waals surface area contributed by atoms with E-state index < -0.39 is 17.0 Å². The molecule has 6 rings (SSSR count). The minimum Gasteiger partial charge on any atom is -0.507 e. The summed E-state index contributed by atoms with van der Waals surface area (Å²) in [5.74, 6) is 1.92. The van der Waals surface area contributed by atoms with Gasteiger partial charge in [-0.05, 0) is 68.0 Å². The van der Waals surface area contributed by atoms with E-state index in [4.69, 9.17) is 28.1 Å². The summed E-state index contributed by atoms with van der Waals surface area (Å²) < 4.78 is 33.3. The molecule has 0 unspecified atom stereocenters. The van der Waals surface area contributed by atoms with Gasteiger partial charge in [0, 0.05) is 12.1 Å². The first kappa shape index (κ1) is 32.5. The molecule has 0 spiro atoms. The normalized spacial score (nSPS) is 12.6. The van der Waals surface area contributed by atoms with Gasteiger partial charge in [-0.1, -0.05) is 24.3 Å². The van der Waals surface area contributed by atoms with Crippen LogP contribution < -0.4 is 29.3 Å². The van der Waals surface area contributed by atoms with Crippen LogP contribution in [0, 0.1) is 0 Å². The number of hydrogen-bond donors (Lipinski definition) is 2. The lowest BCUT2D eigenvalue weighted by Crippen LogP contribution is -2.27. The Hall–Kier alpha value is -5.90. The molecule has 4 aromatic carbocycles. The molecule has 5 aromatic rings. The molecule has 1 aliphatic rings. The fourth-order valence-corrected chi connectivity index (χ4v) is 5.20. The molecule has 10 nitrogen and oxygen atoms in total. The quantitative estimate of drug-likeness (QED) is 0.142. The second-order valence-corrected chi connectivity index (χ2v) is 11.0. The lowest BCUT2D eigenvalue weighted by molar-refractivity contribution is 0.103. The Morgan fingerprint density at radius 2 is 1.38 bits per heavy atom. The van der Waals surface area contributed by atoms with Crippen molar-refractivity contribution in [3.8, 4) is 51.4 Å². The van der Waals surface area contributed by atoms with Crippen molar-refractivity contribution >= 4 is 22.8 Å². The summed E-state index contributed by atoms with van der Waals surface area (Å²) in [7, 11) is 6.15. The number of methoxy groups -OCH3 is 4. The molecule has 47 heavy (non-hydrogen) atoms. The van der Waals surface area contributed by atoms with Gasteiger partial charge in [0.05, 0.1) is 45.1 Å². The van der Waals surface area contributed by atoms with Crippen LogP contribution >= 0.6 is 0 Å². The maximum atomic E-state index is 12.9. The van der Waals surface area contributed by atoms with Crippen LogP contribution in [0.1, 0.15) is 35.3 Å². The number of ether oxygens (including phenoxy) is 5. The largest absolute Gasteiger partial charge is 0.507 e. The van der Waals surface area contributed by atoms with E-state index in [1.54, 1.807) is 62.8 Å². The lowest BCUT2D eigenvalue weighted by atomic mass is 9.98. The van der Waals surface area contributed by atoms with E-state index in [0.29, 0.717) is 50.8 Å². The number of rotatable bonds is 7. The average Bonchev–Trinajstić information content (AvgIpc) is 3.06. The van der Waals surface area contributed by atoms with E-state index >= 15 is 0 Å². The fourth-order valence-electron chi connectivity index (χ4n) is 5.20. The number of fused-ring (bicyclic) bond motifs is 2. The van der Waals surface area contributed by atoms with Crippen molar-refractivity contribution < 1.29 is 43.1 Å². The van der Waals surface area contributed by atoms with Crippen molar-refractivity contribution in [2.75, 3.05) is 28.4 Å². The zero-order valence-electron chi connectivity index (χ0n) is 26.7. The van der Waals surface area contributed by atoms with Gasteiger partial charge in [-0.15, -0.1) is 0 Å². The molecule has 242 valence electrons. The van der Waals surface area contributed by atoms with Crippen LogP contribution in [0.3, 0.4) is 0 Å². The number of carbonyl (C=O) groups excluding carboxylic acids is 1. The molecule has 0 fully saturated rings. The number of benzene rings is 4. The molecule has 0 saturated heterocycles. The Balaban J connectivity index is 0.000000207. The number of ketones is 1. The van der Waals surface area contributed by atoms with Gasteiger partial charge in [0.15, 0.2) is 5.78 Å². The van der Waals surface area contributed by atoms with Crippen LogP contribution in [-0.4, -0.2) is 50.0 Å². The SMILES string of the molecule is COc1ccc(-c2c(OC)c3c(OC)c4c(cc3oc2=O)OC(C)(C)C=C4)cc1.COc1ccc(C(=O)c2ccccc2O)c(O)c1. The second kappa shape index (κ2) is 13.2. The predicted octanol–water partition coefficient (Wildman–Crippen LogP) is 7.01. The van der Waals surface area contributed by atoms with Crippen LogP contribution in [-0.2, 0) is 0 Å². The highest BCUT2D eigenvalue weighted by molar-refractivity contribution is 6.12. The van der Waals surface area contributed by atoms with E-state index in [1.165, 1.54) is 38.5 Å². The average molecular weight is 639 g/mol. The van der Waals surface area contributed by atoms with Gasteiger partial charge in [-0.25, -0.2) is 4.79 Å². The Bertz CT molecular complexity index is 2040. The molecule has 0 atom stereocenters. The van der Waals surface area contributed by atoms with Crippen LogP contribution in [0.15, 0.2) is 88.1 Å². The lowest BCUT2D eigenvalue weighted by Gasteiger charge is -2.29. The number of hydrogen-bond acceptors (Lipinski definition) is 10. The summed E-state index contributed by atoms with van der Waals surface area (Å²) in [6, 6.07) is 19.4. The van der Waals surface area contributed by atoms with Crippen molar-refractivity contribution in [3.05, 3.63) is 106 Å². The topological polar surface area (TPSA) is 134 Å². The Morgan fingerprint density at radius 1 is 0.745 bits per heavy atom. The summed E-state index contributed by atoms with van der Waals surface area (Å²) >= 11 is 0. The maximum Gasteiger partial charge on any atom is 0.347 e. The van der Waals surface area contributed by atoms with Crippen LogP contribution in [0.2, 0.25) is 0 Å². The standard InChI is InChI=1S/C23H22O6.C14H12O4/c1-23(2)11-10-15-16(29-23)12-17-19(20(15)26-4)21(27-5)18(22(24)28-17)13-6-8-14(25-3)9-7-13;1-18-9-6-7-11(13(16)8-9)14(17)10-4-2-3-5-12(10)15/h6-12H,1-5H3;2-8,15-16H,1H3. The molecule has 2 N–H and O–H groups in total.